The van der Waals surface area contributed by atoms with E-state index in [-0.39, 0.29) is 18.9 Å². The van der Waals surface area contributed by atoms with Crippen LogP contribution in [0.1, 0.15) is 309 Å². The number of aliphatic hydroxyl groups excluding tert-OH is 11. The Morgan fingerprint density at radius 3 is 1.05 bits per heavy atom. The number of carbonyl (C=O) groups excluding carboxylic acids is 1. The van der Waals surface area contributed by atoms with Gasteiger partial charge in [-0.1, -0.05) is 316 Å². The van der Waals surface area contributed by atoms with Crippen LogP contribution in [-0.4, -0.2) is 193 Å². The lowest BCUT2D eigenvalue weighted by Crippen LogP contribution is -2.66. The number of amides is 1. The second-order valence-corrected chi connectivity index (χ2v) is 29.9. The monoisotopic (exact) mass is 1510 g/mol. The minimum atomic E-state index is -1.99. The summed E-state index contributed by atoms with van der Waals surface area (Å²) in [5.41, 5.74) is 0. The van der Waals surface area contributed by atoms with Gasteiger partial charge in [0.1, 0.15) is 73.2 Å². The fourth-order valence-electron chi connectivity index (χ4n) is 13.8. The smallest absolute Gasteiger partial charge is 0.220 e. The number of allylic oxidation sites excluding steroid dienone is 17. The Bertz CT molecular complexity index is 2360. The number of hydrogen-bond donors (Lipinski definition) is 12. The summed E-state index contributed by atoms with van der Waals surface area (Å²) in [5, 5.41) is 121. The van der Waals surface area contributed by atoms with Crippen LogP contribution in [0, 0.1) is 0 Å². The first kappa shape index (κ1) is 97.6. The lowest BCUT2D eigenvalue weighted by atomic mass is 9.96. The summed E-state index contributed by atoms with van der Waals surface area (Å²) in [5.74, 6) is -0.287. The van der Waals surface area contributed by atoms with E-state index in [9.17, 15) is 61.0 Å². The van der Waals surface area contributed by atoms with Gasteiger partial charge in [0.05, 0.1) is 38.6 Å². The topological polar surface area (TPSA) is 307 Å². The molecule has 19 nitrogen and oxygen atoms in total. The molecule has 3 rings (SSSR count). The van der Waals surface area contributed by atoms with E-state index in [1.807, 2.05) is 6.08 Å². The Kier molecular flexibility index (Phi) is 61.1. The molecule has 0 bridgehead atoms. The van der Waals surface area contributed by atoms with E-state index in [4.69, 9.17) is 28.4 Å². The van der Waals surface area contributed by atoms with Gasteiger partial charge in [-0.05, 0) is 96.3 Å². The van der Waals surface area contributed by atoms with Crippen molar-refractivity contribution in [3.05, 3.63) is 109 Å². The van der Waals surface area contributed by atoms with Crippen molar-refractivity contribution in [2.75, 3.05) is 26.4 Å². The molecule has 3 saturated heterocycles. The Balaban J connectivity index is 1.31. The lowest BCUT2D eigenvalue weighted by molar-refractivity contribution is -0.379. The first-order chi connectivity index (χ1) is 52.3. The molecular formula is C88H153NO18. The lowest BCUT2D eigenvalue weighted by Gasteiger charge is -2.48. The molecule has 0 radical (unpaired) electrons. The minimum absolute atomic E-state index is 0.231. The van der Waals surface area contributed by atoms with Crippen LogP contribution in [0.4, 0.5) is 0 Å². The number of nitrogens with one attached hydrogen (secondary N) is 1. The van der Waals surface area contributed by atoms with Gasteiger partial charge in [-0.25, -0.2) is 0 Å². The molecule has 1 amide bonds. The standard InChI is InChI=1S/C88H153NO18/c1-3-5-7-9-11-13-15-17-19-21-23-25-26-27-28-29-30-31-32-33-34-35-36-37-38-39-40-41-42-43-44-46-48-50-52-54-56-58-60-62-64-66-76(94)89-71(72(93)65-63-61-59-57-55-53-51-49-47-45-24-22-20-18-16-14-12-10-8-6-4-2)70-102-86-82(100)79(97)84(74(68-91)104-86)107-88-83(101)80(98)85(75(69-92)105-88)106-87-81(99)78(96)77(95)73(67-90)103-87/h5,7,11,13,17,19,23,25,27-28,30-31,47,49,55,57,63,65,71-75,77-88,90-93,95-101H,3-4,6,8-10,12,14-16,18,20-22,24,26,29,32-46,48,50-54,56,58-62,64,66-70H2,1-2H3,(H,89,94)/b7-5-,13-11-,19-17-,25-23-,28-27-,31-30-,49-47+,57-55+,65-63+. The fraction of sp³-hybridized carbons (Fsp3) is 0.784. The highest BCUT2D eigenvalue weighted by Gasteiger charge is 2.54. The zero-order chi connectivity index (χ0) is 77.4. The molecular weight excluding hydrogens is 1360 g/mol. The molecule has 3 aliphatic rings. The maximum absolute atomic E-state index is 13.5. The third kappa shape index (κ3) is 46.3. The summed E-state index contributed by atoms with van der Waals surface area (Å²) in [6.45, 7) is 1.62. The summed E-state index contributed by atoms with van der Waals surface area (Å²) in [7, 11) is 0. The maximum atomic E-state index is 13.5. The molecule has 17 unspecified atom stereocenters. The van der Waals surface area contributed by atoms with Gasteiger partial charge >= 0.3 is 0 Å². The quantitative estimate of drug-likeness (QED) is 0.0199. The van der Waals surface area contributed by atoms with E-state index < -0.39 is 124 Å². The molecule has 0 spiro atoms. The van der Waals surface area contributed by atoms with Crippen LogP contribution in [-0.2, 0) is 33.2 Å². The largest absolute Gasteiger partial charge is 0.394 e. The van der Waals surface area contributed by atoms with Gasteiger partial charge < -0.3 is 89.9 Å². The van der Waals surface area contributed by atoms with Crippen LogP contribution in [0.2, 0.25) is 0 Å². The van der Waals surface area contributed by atoms with Gasteiger partial charge in [0.25, 0.3) is 0 Å². The Hall–Kier alpha value is -3.55. The summed E-state index contributed by atoms with van der Waals surface area (Å²) in [6, 6.07) is -1.00. The van der Waals surface area contributed by atoms with Crippen molar-refractivity contribution in [3.63, 3.8) is 0 Å². The molecule has 19 heteroatoms. The van der Waals surface area contributed by atoms with Gasteiger partial charge in [0.2, 0.25) is 5.91 Å². The Labute approximate surface area is 646 Å². The first-order valence-corrected chi connectivity index (χ1v) is 42.6. The molecule has 0 saturated carbocycles. The fourth-order valence-corrected chi connectivity index (χ4v) is 13.8. The van der Waals surface area contributed by atoms with Crippen LogP contribution < -0.4 is 5.32 Å². The normalized spacial score (nSPS) is 26.1. The molecule has 0 aromatic rings. The Morgan fingerprint density at radius 1 is 0.346 bits per heavy atom. The van der Waals surface area contributed by atoms with Gasteiger partial charge in [-0.15, -0.1) is 0 Å². The van der Waals surface area contributed by atoms with Crippen molar-refractivity contribution in [1.82, 2.24) is 5.32 Å². The zero-order valence-electron chi connectivity index (χ0n) is 66.3. The molecule has 618 valence electrons. The minimum Gasteiger partial charge on any atom is -0.394 e. The van der Waals surface area contributed by atoms with Gasteiger partial charge in [0, 0.05) is 6.42 Å². The van der Waals surface area contributed by atoms with Crippen molar-refractivity contribution >= 4 is 5.91 Å². The van der Waals surface area contributed by atoms with Crippen molar-refractivity contribution in [2.24, 2.45) is 0 Å². The van der Waals surface area contributed by atoms with Crippen molar-refractivity contribution in [1.29, 1.82) is 0 Å². The number of aliphatic hydroxyl groups is 11. The van der Waals surface area contributed by atoms with Crippen molar-refractivity contribution in [3.8, 4) is 0 Å². The average molecular weight is 1510 g/mol. The van der Waals surface area contributed by atoms with Crippen LogP contribution in [0.3, 0.4) is 0 Å². The highest BCUT2D eigenvalue weighted by Crippen LogP contribution is 2.33. The van der Waals surface area contributed by atoms with Crippen LogP contribution in [0.15, 0.2) is 109 Å². The van der Waals surface area contributed by atoms with Crippen LogP contribution >= 0.6 is 0 Å². The third-order valence-electron chi connectivity index (χ3n) is 20.5. The molecule has 107 heavy (non-hydrogen) atoms. The molecule has 12 N–H and O–H groups in total. The molecule has 3 heterocycles. The van der Waals surface area contributed by atoms with Crippen LogP contribution in [0.5, 0.6) is 0 Å². The molecule has 0 aromatic heterocycles. The molecule has 0 aliphatic carbocycles. The van der Waals surface area contributed by atoms with Gasteiger partial charge in [-0.2, -0.15) is 0 Å². The third-order valence-corrected chi connectivity index (χ3v) is 20.5. The highest BCUT2D eigenvalue weighted by molar-refractivity contribution is 5.76. The number of rotatable bonds is 67. The molecule has 3 aliphatic heterocycles. The zero-order valence-corrected chi connectivity index (χ0v) is 66.3. The van der Waals surface area contributed by atoms with E-state index in [1.54, 1.807) is 6.08 Å². The second kappa shape index (κ2) is 67.0. The Morgan fingerprint density at radius 2 is 0.654 bits per heavy atom. The number of unbranched alkanes of at least 4 members (excludes halogenated alkanes) is 35. The van der Waals surface area contributed by atoms with Crippen LogP contribution in [0.25, 0.3) is 0 Å². The molecule has 3 fully saturated rings. The first-order valence-electron chi connectivity index (χ1n) is 42.6. The number of ether oxygens (including phenoxy) is 6. The van der Waals surface area contributed by atoms with E-state index >= 15 is 0 Å². The SMILES string of the molecule is CC/C=C\C/C=C\C/C=C\C/C=C\C/C=C\C/C=C\CCCCCCCCCCCCCCCCCCCCCCCCC(=O)NC(COC1OC(CO)C(OC2OC(CO)C(OC3OC(CO)C(O)C(O)C3O)C(O)C2O)C(O)C1O)C(O)/C=C/CC/C=C/CC/C=C/CCCCCCCCCCCCC. The highest BCUT2D eigenvalue weighted by atomic mass is 16.8. The van der Waals surface area contributed by atoms with Gasteiger partial charge in [0.15, 0.2) is 18.9 Å². The van der Waals surface area contributed by atoms with Crippen molar-refractivity contribution in [2.45, 2.75) is 413 Å². The number of hydrogen-bond acceptors (Lipinski definition) is 18. The second-order valence-electron chi connectivity index (χ2n) is 29.9. The summed E-state index contributed by atoms with van der Waals surface area (Å²) in [4.78, 5) is 13.5. The average Bonchev–Trinajstić information content (AvgIpc) is 0.782. The number of carbonyl (C=O) groups is 1. The summed E-state index contributed by atoms with van der Waals surface area (Å²) >= 11 is 0. The molecule has 0 aromatic carbocycles. The van der Waals surface area contributed by atoms with E-state index in [0.29, 0.717) is 12.8 Å². The predicted octanol–water partition coefficient (Wildman–Crippen LogP) is 15.3. The predicted molar refractivity (Wildman–Crippen MR) is 429 cm³/mol. The van der Waals surface area contributed by atoms with Gasteiger partial charge in [-0.3, -0.25) is 4.79 Å². The van der Waals surface area contributed by atoms with E-state index in [2.05, 4.69) is 116 Å². The summed E-state index contributed by atoms with van der Waals surface area (Å²) in [6.07, 6.45) is 66.7. The van der Waals surface area contributed by atoms with E-state index in [1.165, 1.54) is 193 Å². The maximum Gasteiger partial charge on any atom is 0.220 e. The van der Waals surface area contributed by atoms with E-state index in [0.717, 1.165) is 83.5 Å². The molecule has 17 atom stereocenters. The van der Waals surface area contributed by atoms with Crippen molar-refractivity contribution < 1.29 is 89.4 Å². The summed E-state index contributed by atoms with van der Waals surface area (Å²) < 4.78 is 34.4.